The van der Waals surface area contributed by atoms with Gasteiger partial charge in [0, 0.05) is 44.4 Å². The molecule has 1 unspecified atom stereocenters. The monoisotopic (exact) mass is 338 g/mol. The van der Waals surface area contributed by atoms with E-state index < -0.39 is 0 Å². The fourth-order valence-electron chi connectivity index (χ4n) is 2.46. The summed E-state index contributed by atoms with van der Waals surface area (Å²) in [5.41, 5.74) is 1.07. The van der Waals surface area contributed by atoms with Crippen LogP contribution in [0.2, 0.25) is 0 Å². The van der Waals surface area contributed by atoms with Crippen LogP contribution < -0.4 is 10.2 Å². The molecule has 1 aliphatic heterocycles. The molecule has 1 N–H and O–H groups in total. The van der Waals surface area contributed by atoms with Crippen LogP contribution in [0, 0.1) is 0 Å². The summed E-state index contributed by atoms with van der Waals surface area (Å²) in [7, 11) is 5.36. The summed E-state index contributed by atoms with van der Waals surface area (Å²) in [6.45, 7) is 2.95. The van der Waals surface area contributed by atoms with Crippen LogP contribution in [0.1, 0.15) is 5.56 Å². The Morgan fingerprint density at radius 3 is 2.87 bits per heavy atom. The Morgan fingerprint density at radius 2 is 2.22 bits per heavy atom. The van der Waals surface area contributed by atoms with Crippen molar-refractivity contribution in [3.8, 4) is 0 Å². The van der Waals surface area contributed by atoms with Gasteiger partial charge in [-0.2, -0.15) is 11.8 Å². The largest absolute Gasteiger partial charge is 0.383 e. The third kappa shape index (κ3) is 5.37. The summed E-state index contributed by atoms with van der Waals surface area (Å²) in [5, 5.41) is 2.98. The molecule has 0 aliphatic carbocycles. The highest BCUT2D eigenvalue weighted by molar-refractivity contribution is 7.99. The summed E-state index contributed by atoms with van der Waals surface area (Å²) >= 11 is 1.98. The van der Waals surface area contributed by atoms with Gasteiger partial charge < -0.3 is 15.0 Å². The van der Waals surface area contributed by atoms with Crippen molar-refractivity contribution in [3.05, 3.63) is 23.9 Å². The van der Waals surface area contributed by atoms with Crippen molar-refractivity contribution in [2.45, 2.75) is 12.6 Å². The Morgan fingerprint density at radius 1 is 1.48 bits per heavy atom. The standard InChI is InChI=1S/C16H26N4O2S/c1-19(2)14(12-22-3)16(21)18-11-13-4-5-17-15(10-13)20-6-8-23-9-7-20/h4-5,10,14H,6-9,11-12H2,1-3H3,(H,18,21). The lowest BCUT2D eigenvalue weighted by Gasteiger charge is -2.27. The molecule has 2 heterocycles. The molecule has 1 aromatic rings. The maximum absolute atomic E-state index is 12.3. The number of pyridine rings is 1. The van der Waals surface area contributed by atoms with Gasteiger partial charge in [-0.1, -0.05) is 0 Å². The van der Waals surface area contributed by atoms with E-state index in [4.69, 9.17) is 4.74 Å². The lowest BCUT2D eigenvalue weighted by molar-refractivity contribution is -0.127. The molecule has 0 bridgehead atoms. The Labute approximate surface area is 142 Å². The SMILES string of the molecule is COCC(C(=O)NCc1ccnc(N2CCSCC2)c1)N(C)C. The molecule has 1 atom stereocenters. The maximum Gasteiger partial charge on any atom is 0.239 e. The first kappa shape index (κ1) is 18.0. The van der Waals surface area contributed by atoms with Crippen molar-refractivity contribution < 1.29 is 9.53 Å². The summed E-state index contributed by atoms with van der Waals surface area (Å²) in [6.07, 6.45) is 1.82. The first-order valence-corrected chi connectivity index (χ1v) is 8.98. The number of nitrogens with one attached hydrogen (secondary N) is 1. The third-order valence-corrected chi connectivity index (χ3v) is 4.80. The van der Waals surface area contributed by atoms with Crippen molar-refractivity contribution >= 4 is 23.5 Å². The zero-order valence-corrected chi connectivity index (χ0v) is 14.9. The molecule has 2 rings (SSSR count). The minimum atomic E-state index is -0.277. The number of methoxy groups -OCH3 is 1. The topological polar surface area (TPSA) is 57.7 Å². The molecule has 6 nitrogen and oxygen atoms in total. The number of aromatic nitrogens is 1. The molecule has 0 radical (unpaired) electrons. The highest BCUT2D eigenvalue weighted by Gasteiger charge is 2.20. The number of ether oxygens (including phenoxy) is 1. The first-order valence-electron chi connectivity index (χ1n) is 7.82. The van der Waals surface area contributed by atoms with Gasteiger partial charge in [0.25, 0.3) is 0 Å². The summed E-state index contributed by atoms with van der Waals surface area (Å²) in [4.78, 5) is 20.9. The lowest BCUT2D eigenvalue weighted by atomic mass is 10.2. The van der Waals surface area contributed by atoms with E-state index in [1.165, 1.54) is 0 Å². The number of carbonyl (C=O) groups excluding carboxylic acids is 1. The van der Waals surface area contributed by atoms with Crippen LogP contribution in [-0.4, -0.2) is 74.2 Å². The van der Waals surface area contributed by atoms with E-state index in [9.17, 15) is 4.79 Å². The predicted octanol–water partition coefficient (Wildman–Crippen LogP) is 0.828. The molecule has 1 saturated heterocycles. The molecule has 1 aliphatic rings. The Hall–Kier alpha value is -1.31. The number of rotatable bonds is 7. The van der Waals surface area contributed by atoms with Gasteiger partial charge in [0.1, 0.15) is 11.9 Å². The van der Waals surface area contributed by atoms with Crippen LogP contribution in [0.4, 0.5) is 5.82 Å². The molecule has 0 saturated carbocycles. The van der Waals surface area contributed by atoms with E-state index in [1.807, 2.05) is 43.0 Å². The van der Waals surface area contributed by atoms with Gasteiger partial charge in [0.05, 0.1) is 6.61 Å². The molecule has 23 heavy (non-hydrogen) atoms. The lowest BCUT2D eigenvalue weighted by Crippen LogP contribution is -2.46. The third-order valence-electron chi connectivity index (χ3n) is 3.86. The summed E-state index contributed by atoms with van der Waals surface area (Å²) < 4.78 is 5.12. The minimum absolute atomic E-state index is 0.0235. The number of carbonyl (C=O) groups is 1. The number of amides is 1. The van der Waals surface area contributed by atoms with Crippen LogP contribution in [0.15, 0.2) is 18.3 Å². The molecule has 7 heteroatoms. The van der Waals surface area contributed by atoms with Gasteiger partial charge in [-0.05, 0) is 31.8 Å². The van der Waals surface area contributed by atoms with Crippen LogP contribution in [0.5, 0.6) is 0 Å². The van der Waals surface area contributed by atoms with Crippen molar-refractivity contribution in [3.63, 3.8) is 0 Å². The van der Waals surface area contributed by atoms with E-state index >= 15 is 0 Å². The van der Waals surface area contributed by atoms with Gasteiger partial charge >= 0.3 is 0 Å². The smallest absolute Gasteiger partial charge is 0.239 e. The Balaban J connectivity index is 1.93. The summed E-state index contributed by atoms with van der Waals surface area (Å²) in [6, 6.07) is 3.74. The van der Waals surface area contributed by atoms with E-state index in [2.05, 4.69) is 21.3 Å². The first-order chi connectivity index (χ1) is 11.1. The number of hydrogen-bond acceptors (Lipinski definition) is 6. The van der Waals surface area contributed by atoms with Crippen molar-refractivity contribution in [2.24, 2.45) is 0 Å². The van der Waals surface area contributed by atoms with E-state index in [1.54, 1.807) is 7.11 Å². The Kier molecular flexibility index (Phi) is 7.14. The second-order valence-electron chi connectivity index (χ2n) is 5.77. The molecular weight excluding hydrogens is 312 g/mol. The number of thioether (sulfide) groups is 1. The number of nitrogens with zero attached hydrogens (tertiary/aromatic N) is 3. The van der Waals surface area contributed by atoms with Gasteiger partial charge in [-0.15, -0.1) is 0 Å². The van der Waals surface area contributed by atoms with Gasteiger partial charge in [-0.25, -0.2) is 4.98 Å². The van der Waals surface area contributed by atoms with Crippen molar-refractivity contribution in [2.75, 3.05) is 57.3 Å². The normalized spacial score (nSPS) is 16.4. The fraction of sp³-hybridized carbons (Fsp3) is 0.625. The predicted molar refractivity (Wildman–Crippen MR) is 95.0 cm³/mol. The number of likely N-dealkylation sites (N-methyl/N-ethyl adjacent to an activating group) is 1. The Bertz CT molecular complexity index is 507. The van der Waals surface area contributed by atoms with Crippen LogP contribution in [0.25, 0.3) is 0 Å². The van der Waals surface area contributed by atoms with Gasteiger partial charge in [0.15, 0.2) is 0 Å². The highest BCUT2D eigenvalue weighted by atomic mass is 32.2. The van der Waals surface area contributed by atoms with Gasteiger partial charge in [-0.3, -0.25) is 9.69 Å². The highest BCUT2D eigenvalue weighted by Crippen LogP contribution is 2.18. The van der Waals surface area contributed by atoms with Crippen LogP contribution in [0.3, 0.4) is 0 Å². The molecule has 128 valence electrons. The zero-order valence-electron chi connectivity index (χ0n) is 14.1. The molecule has 1 amide bonds. The van der Waals surface area contributed by atoms with Crippen LogP contribution in [-0.2, 0) is 16.1 Å². The molecular formula is C16H26N4O2S. The maximum atomic E-state index is 12.3. The fourth-order valence-corrected chi connectivity index (χ4v) is 3.36. The number of hydrogen-bond donors (Lipinski definition) is 1. The quantitative estimate of drug-likeness (QED) is 0.795. The van der Waals surface area contributed by atoms with Crippen molar-refractivity contribution in [1.82, 2.24) is 15.2 Å². The number of anilines is 1. The molecule has 0 spiro atoms. The van der Waals surface area contributed by atoms with E-state index in [0.29, 0.717) is 13.2 Å². The van der Waals surface area contributed by atoms with E-state index in [-0.39, 0.29) is 11.9 Å². The second-order valence-corrected chi connectivity index (χ2v) is 7.00. The average Bonchev–Trinajstić information content (AvgIpc) is 2.58. The summed E-state index contributed by atoms with van der Waals surface area (Å²) in [5.74, 6) is 3.26. The minimum Gasteiger partial charge on any atom is -0.383 e. The second kappa shape index (κ2) is 9.10. The zero-order chi connectivity index (χ0) is 16.7. The molecule has 1 aromatic heterocycles. The average molecular weight is 338 g/mol. The van der Waals surface area contributed by atoms with Crippen LogP contribution >= 0.6 is 11.8 Å². The molecule has 0 aromatic carbocycles. The van der Waals surface area contributed by atoms with Crippen molar-refractivity contribution in [1.29, 1.82) is 0 Å². The molecule has 1 fully saturated rings. The van der Waals surface area contributed by atoms with Gasteiger partial charge in [0.2, 0.25) is 5.91 Å². The van der Waals surface area contributed by atoms with E-state index in [0.717, 1.165) is 36.0 Å².